The van der Waals surface area contributed by atoms with E-state index in [1.807, 2.05) is 11.9 Å². The topological polar surface area (TPSA) is 71.2 Å². The van der Waals surface area contributed by atoms with Crippen LogP contribution in [0.4, 0.5) is 18.9 Å². The van der Waals surface area contributed by atoms with E-state index in [9.17, 15) is 18.0 Å². The average molecular weight is 411 g/mol. The molecule has 1 aromatic heterocycles. The summed E-state index contributed by atoms with van der Waals surface area (Å²) >= 11 is 5.90. The summed E-state index contributed by atoms with van der Waals surface area (Å²) in [4.78, 5) is 17.6. The van der Waals surface area contributed by atoms with Crippen LogP contribution < -0.4 is 11.1 Å². The quantitative estimate of drug-likeness (QED) is 0.684. The van der Waals surface area contributed by atoms with E-state index in [2.05, 4.69) is 10.3 Å². The van der Waals surface area contributed by atoms with Gasteiger partial charge < -0.3 is 16.0 Å². The maximum absolute atomic E-state index is 12.9. The highest BCUT2D eigenvalue weighted by atomic mass is 35.5. The van der Waals surface area contributed by atoms with Gasteiger partial charge in [-0.05, 0) is 25.2 Å². The molecule has 0 spiro atoms. The highest BCUT2D eigenvalue weighted by Crippen LogP contribution is 2.32. The van der Waals surface area contributed by atoms with E-state index < -0.39 is 17.5 Å². The number of hydrogen-bond acceptors (Lipinski definition) is 5. The van der Waals surface area contributed by atoms with E-state index in [-0.39, 0.29) is 18.1 Å². The molecule has 0 saturated heterocycles. The van der Waals surface area contributed by atoms with Gasteiger partial charge >= 0.3 is 6.18 Å². The molecule has 0 amide bonds. The van der Waals surface area contributed by atoms with Gasteiger partial charge in [-0.25, -0.2) is 0 Å². The van der Waals surface area contributed by atoms with Crippen LogP contribution in [-0.4, -0.2) is 55.1 Å². The van der Waals surface area contributed by atoms with Crippen molar-refractivity contribution in [2.45, 2.75) is 6.18 Å². The Hall–Kier alpha value is -1.61. The van der Waals surface area contributed by atoms with Crippen molar-refractivity contribution < 1.29 is 18.0 Å². The van der Waals surface area contributed by atoms with Crippen LogP contribution in [0, 0.1) is 0 Å². The third-order valence-electron chi connectivity index (χ3n) is 3.64. The third-order valence-corrected chi connectivity index (χ3v) is 3.87. The molecule has 1 heterocycles. The maximum Gasteiger partial charge on any atom is 0.455 e. The zero-order chi connectivity index (χ0) is 18.6. The zero-order valence-corrected chi connectivity index (χ0v) is 15.5. The molecule has 0 bridgehead atoms. The lowest BCUT2D eigenvalue weighted by Gasteiger charge is -2.19. The van der Waals surface area contributed by atoms with Crippen LogP contribution in [0.5, 0.6) is 0 Å². The van der Waals surface area contributed by atoms with Gasteiger partial charge in [0.05, 0.1) is 16.8 Å². The first-order valence-corrected chi connectivity index (χ1v) is 7.94. The fourth-order valence-corrected chi connectivity index (χ4v) is 2.55. The van der Waals surface area contributed by atoms with Gasteiger partial charge in [0.2, 0.25) is 0 Å². The average Bonchev–Trinajstić information content (AvgIpc) is 2.53. The fourth-order valence-electron chi connectivity index (χ4n) is 2.39. The summed E-state index contributed by atoms with van der Waals surface area (Å²) in [7, 11) is 1.85. The summed E-state index contributed by atoms with van der Waals surface area (Å²) < 4.78 is 38.6. The van der Waals surface area contributed by atoms with E-state index in [1.165, 1.54) is 6.07 Å². The van der Waals surface area contributed by atoms with E-state index in [0.29, 0.717) is 42.1 Å². The lowest BCUT2D eigenvalue weighted by atomic mass is 10.1. The number of benzene rings is 1. The molecule has 0 aliphatic heterocycles. The van der Waals surface area contributed by atoms with E-state index in [0.717, 1.165) is 6.20 Å². The number of rotatable bonds is 7. The Morgan fingerprint density at radius 3 is 2.65 bits per heavy atom. The second kappa shape index (κ2) is 9.36. The molecule has 0 fully saturated rings. The van der Waals surface area contributed by atoms with Gasteiger partial charge in [-0.1, -0.05) is 11.6 Å². The number of ketones is 1. The number of carbonyl (C=O) groups excluding carboxylic acids is 1. The number of nitrogens with zero attached hydrogens (tertiary/aromatic N) is 2. The van der Waals surface area contributed by atoms with Gasteiger partial charge in [0, 0.05) is 42.8 Å². The van der Waals surface area contributed by atoms with Crippen LogP contribution in [0.3, 0.4) is 0 Å². The number of pyridine rings is 1. The van der Waals surface area contributed by atoms with Gasteiger partial charge in [-0.3, -0.25) is 9.78 Å². The minimum Gasteiger partial charge on any atom is -0.383 e. The Balaban J connectivity index is 0.00000338. The molecule has 0 aliphatic rings. The van der Waals surface area contributed by atoms with Crippen molar-refractivity contribution in [1.29, 1.82) is 0 Å². The Morgan fingerprint density at radius 1 is 1.35 bits per heavy atom. The molecule has 2 rings (SSSR count). The van der Waals surface area contributed by atoms with Crippen molar-refractivity contribution in [1.82, 2.24) is 9.88 Å². The maximum atomic E-state index is 12.9. The number of likely N-dealkylation sites (N-methyl/N-ethyl adjacent to an activating group) is 1. The predicted molar refractivity (Wildman–Crippen MR) is 99.4 cm³/mol. The van der Waals surface area contributed by atoms with Crippen molar-refractivity contribution in [3.8, 4) is 0 Å². The normalized spacial score (nSPS) is 11.5. The number of Topliss-reactive ketones (excluding diaryl/α,β-unsaturated/α-hetero) is 1. The molecule has 10 heteroatoms. The van der Waals surface area contributed by atoms with Crippen LogP contribution in [-0.2, 0) is 0 Å². The van der Waals surface area contributed by atoms with Gasteiger partial charge in [-0.15, -0.1) is 12.4 Å². The number of hydrogen-bond donors (Lipinski definition) is 2. The minimum atomic E-state index is -4.98. The Kier molecular flexibility index (Phi) is 8.08. The number of aromatic nitrogens is 1. The molecule has 1 aromatic carbocycles. The molecule has 0 aliphatic carbocycles. The molecular weight excluding hydrogens is 392 g/mol. The molecule has 2 aromatic rings. The summed E-state index contributed by atoms with van der Waals surface area (Å²) in [6, 6.07) is 4.62. The fraction of sp³-hybridized carbons (Fsp3) is 0.375. The number of fused-ring (bicyclic) bond motifs is 1. The van der Waals surface area contributed by atoms with Crippen LogP contribution in [0.15, 0.2) is 24.4 Å². The standard InChI is InChI=1S/C16H18ClF3N4O.ClH/c1-24(6-4-21)7-5-22-14-11-3-2-10(17)8-13(11)23-9-12(14)15(25)16(18,19)20;/h2-3,8-9H,4-7,21H2,1H3,(H,22,23);1H. The van der Waals surface area contributed by atoms with Gasteiger partial charge in [0.15, 0.2) is 0 Å². The summed E-state index contributed by atoms with van der Waals surface area (Å²) in [5, 5.41) is 3.74. The van der Waals surface area contributed by atoms with Gasteiger partial charge in [-0.2, -0.15) is 13.2 Å². The van der Waals surface area contributed by atoms with Crippen molar-refractivity contribution in [3.63, 3.8) is 0 Å². The van der Waals surface area contributed by atoms with Crippen LogP contribution in [0.2, 0.25) is 5.02 Å². The second-order valence-electron chi connectivity index (χ2n) is 5.55. The Morgan fingerprint density at radius 2 is 2.04 bits per heavy atom. The molecule has 26 heavy (non-hydrogen) atoms. The van der Waals surface area contributed by atoms with Gasteiger partial charge in [0.1, 0.15) is 0 Å². The highest BCUT2D eigenvalue weighted by molar-refractivity contribution is 6.31. The van der Waals surface area contributed by atoms with Crippen molar-refractivity contribution in [2.75, 3.05) is 38.5 Å². The molecule has 0 saturated carbocycles. The summed E-state index contributed by atoms with van der Waals surface area (Å²) in [5.41, 5.74) is 5.46. The largest absolute Gasteiger partial charge is 0.455 e. The number of alkyl halides is 3. The third kappa shape index (κ3) is 5.44. The van der Waals surface area contributed by atoms with Crippen LogP contribution in [0.25, 0.3) is 10.9 Å². The number of carbonyl (C=O) groups is 1. The summed E-state index contributed by atoms with van der Waals surface area (Å²) in [6.07, 6.45) is -4.05. The van der Waals surface area contributed by atoms with Crippen molar-refractivity contribution in [2.24, 2.45) is 5.73 Å². The second-order valence-corrected chi connectivity index (χ2v) is 5.99. The molecule has 5 nitrogen and oxygen atoms in total. The first-order valence-electron chi connectivity index (χ1n) is 7.56. The predicted octanol–water partition coefficient (Wildman–Crippen LogP) is 3.36. The Bertz CT molecular complexity index is 771. The smallest absolute Gasteiger partial charge is 0.383 e. The van der Waals surface area contributed by atoms with Crippen LogP contribution >= 0.6 is 24.0 Å². The highest BCUT2D eigenvalue weighted by Gasteiger charge is 2.41. The molecule has 144 valence electrons. The summed E-state index contributed by atoms with van der Waals surface area (Å²) in [5.74, 6) is -1.94. The van der Waals surface area contributed by atoms with Crippen molar-refractivity contribution in [3.05, 3.63) is 35.0 Å². The minimum absolute atomic E-state index is 0. The zero-order valence-electron chi connectivity index (χ0n) is 13.9. The molecule has 3 N–H and O–H groups in total. The SMILES string of the molecule is CN(CCN)CCNc1c(C(=O)C(F)(F)F)cnc2cc(Cl)ccc12.Cl. The van der Waals surface area contributed by atoms with E-state index in [1.54, 1.807) is 12.1 Å². The summed E-state index contributed by atoms with van der Waals surface area (Å²) in [6.45, 7) is 2.03. The number of nitrogens with one attached hydrogen (secondary N) is 1. The number of nitrogens with two attached hydrogens (primary N) is 1. The molecule has 0 unspecified atom stereocenters. The van der Waals surface area contributed by atoms with Gasteiger partial charge in [0.25, 0.3) is 5.78 Å². The molecule has 0 atom stereocenters. The van der Waals surface area contributed by atoms with E-state index in [4.69, 9.17) is 17.3 Å². The number of halogens is 5. The number of anilines is 1. The van der Waals surface area contributed by atoms with Crippen LogP contribution in [0.1, 0.15) is 10.4 Å². The molecule has 0 radical (unpaired) electrons. The molecular formula is C16H19Cl2F3N4O. The first-order chi connectivity index (χ1) is 11.7. The Labute approximate surface area is 160 Å². The lowest BCUT2D eigenvalue weighted by Crippen LogP contribution is -2.30. The monoisotopic (exact) mass is 410 g/mol. The van der Waals surface area contributed by atoms with E-state index >= 15 is 0 Å². The lowest BCUT2D eigenvalue weighted by molar-refractivity contribution is -0.0884. The first kappa shape index (κ1) is 22.4. The van der Waals surface area contributed by atoms with Crippen molar-refractivity contribution >= 4 is 46.4 Å².